The molecule has 0 fully saturated rings. The van der Waals surface area contributed by atoms with Gasteiger partial charge in [0, 0.05) is 34.5 Å². The second-order valence-electron chi connectivity index (χ2n) is 5.72. The number of benzene rings is 1. The Hall–Kier alpha value is -3.71. The predicted molar refractivity (Wildman–Crippen MR) is 105 cm³/mol. The van der Waals surface area contributed by atoms with Crippen LogP contribution >= 0.6 is 11.6 Å². The van der Waals surface area contributed by atoms with E-state index in [9.17, 15) is 25.0 Å². The van der Waals surface area contributed by atoms with Gasteiger partial charge in [0.25, 0.3) is 17.2 Å². The quantitative estimate of drug-likeness (QED) is 0.415. The number of pyridine rings is 1. The molecule has 0 aliphatic rings. The van der Waals surface area contributed by atoms with Crippen molar-refractivity contribution in [1.29, 1.82) is 5.26 Å². The summed E-state index contributed by atoms with van der Waals surface area (Å²) in [6, 6.07) is 7.08. The Morgan fingerprint density at radius 3 is 2.83 bits per heavy atom. The molecule has 2 aromatic rings. The first kappa shape index (κ1) is 21.6. The summed E-state index contributed by atoms with van der Waals surface area (Å²) < 4.78 is 6.40. The van der Waals surface area contributed by atoms with E-state index in [0.717, 1.165) is 10.8 Å². The summed E-state index contributed by atoms with van der Waals surface area (Å²) in [7, 11) is 0. The number of halogens is 1. The zero-order chi connectivity index (χ0) is 21.6. The molecule has 1 aromatic heterocycles. The Morgan fingerprint density at radius 1 is 1.48 bits per heavy atom. The van der Waals surface area contributed by atoms with Crippen molar-refractivity contribution in [2.24, 2.45) is 5.10 Å². The highest BCUT2D eigenvalue weighted by atomic mass is 35.5. The first-order valence-electron chi connectivity index (χ1n) is 8.31. The number of nitro benzene ring substituents is 1. The molecule has 0 unspecified atom stereocenters. The lowest BCUT2D eigenvalue weighted by Crippen LogP contribution is -2.32. The average Bonchev–Trinajstić information content (AvgIpc) is 2.67. The Morgan fingerprint density at radius 2 is 2.21 bits per heavy atom. The van der Waals surface area contributed by atoms with Crippen LogP contribution in [0, 0.1) is 28.4 Å². The highest BCUT2D eigenvalue weighted by molar-refractivity contribution is 6.33. The zero-order valence-corrected chi connectivity index (χ0v) is 16.3. The van der Waals surface area contributed by atoms with E-state index in [4.69, 9.17) is 16.3 Å². The van der Waals surface area contributed by atoms with Gasteiger partial charge in [-0.05, 0) is 19.9 Å². The SMILES string of the molecule is CCOc1cc(C)n(CC(=O)N/N=C\c2cc([N+](=O)[O-])ccc2Cl)c(=O)c1C#N. The minimum atomic E-state index is -0.656. The van der Waals surface area contributed by atoms with Crippen molar-refractivity contribution >= 4 is 29.4 Å². The molecule has 0 saturated heterocycles. The van der Waals surface area contributed by atoms with Crippen molar-refractivity contribution in [3.05, 3.63) is 66.6 Å². The second kappa shape index (κ2) is 9.48. The molecule has 0 aliphatic heterocycles. The van der Waals surface area contributed by atoms with Gasteiger partial charge in [0.2, 0.25) is 0 Å². The van der Waals surface area contributed by atoms with Gasteiger partial charge in [-0.3, -0.25) is 19.7 Å². The highest BCUT2D eigenvalue weighted by Crippen LogP contribution is 2.20. The van der Waals surface area contributed by atoms with Crippen molar-refractivity contribution in [3.63, 3.8) is 0 Å². The number of hydrogen-bond acceptors (Lipinski definition) is 7. The molecule has 1 aromatic carbocycles. The number of hydrazone groups is 1. The number of rotatable bonds is 7. The van der Waals surface area contributed by atoms with Gasteiger partial charge in [0.1, 0.15) is 18.4 Å². The Labute approximate surface area is 170 Å². The van der Waals surface area contributed by atoms with Crippen molar-refractivity contribution in [1.82, 2.24) is 9.99 Å². The number of nitro groups is 1. The normalized spacial score (nSPS) is 10.6. The number of nitrogens with one attached hydrogen (secondary N) is 1. The number of non-ortho nitro benzene ring substituents is 1. The summed E-state index contributed by atoms with van der Waals surface area (Å²) in [5.74, 6) is -0.478. The van der Waals surface area contributed by atoms with E-state index in [1.807, 2.05) is 0 Å². The third kappa shape index (κ3) is 5.18. The van der Waals surface area contributed by atoms with E-state index in [0.29, 0.717) is 5.69 Å². The standard InChI is InChI=1S/C18H16ClN5O5/c1-3-29-16-6-11(2)23(18(26)14(16)8-20)10-17(25)22-21-9-12-7-13(24(27)28)4-5-15(12)19/h4-7,9H,3,10H2,1-2H3,(H,22,25)/b21-9-. The van der Waals surface area contributed by atoms with Gasteiger partial charge in [-0.25, -0.2) is 5.43 Å². The van der Waals surface area contributed by atoms with Crippen LogP contribution in [0.5, 0.6) is 5.75 Å². The summed E-state index contributed by atoms with van der Waals surface area (Å²) in [5.41, 5.74) is 1.85. The first-order chi connectivity index (χ1) is 13.8. The molecule has 1 heterocycles. The van der Waals surface area contributed by atoms with Crippen LogP contribution in [-0.4, -0.2) is 28.2 Å². The summed E-state index contributed by atoms with van der Waals surface area (Å²) in [6.07, 6.45) is 1.15. The van der Waals surface area contributed by atoms with Crippen LogP contribution in [0.25, 0.3) is 0 Å². The van der Waals surface area contributed by atoms with E-state index < -0.39 is 16.4 Å². The molecule has 0 saturated carbocycles. The third-order valence-electron chi connectivity index (χ3n) is 3.77. The number of carbonyl (C=O) groups is 1. The average molecular weight is 418 g/mol. The maximum absolute atomic E-state index is 12.5. The second-order valence-corrected chi connectivity index (χ2v) is 6.12. The topological polar surface area (TPSA) is 140 Å². The summed E-state index contributed by atoms with van der Waals surface area (Å²) in [4.78, 5) is 34.8. The molecule has 29 heavy (non-hydrogen) atoms. The number of carbonyl (C=O) groups excluding carboxylic acids is 1. The van der Waals surface area contributed by atoms with Gasteiger partial charge in [0.05, 0.1) is 17.7 Å². The summed E-state index contributed by atoms with van der Waals surface area (Å²) >= 11 is 5.95. The molecule has 1 amide bonds. The number of nitrogens with zero attached hydrogens (tertiary/aromatic N) is 4. The van der Waals surface area contributed by atoms with Crippen LogP contribution in [0.4, 0.5) is 5.69 Å². The van der Waals surface area contributed by atoms with Crippen molar-refractivity contribution in [2.75, 3.05) is 6.61 Å². The van der Waals surface area contributed by atoms with Crippen molar-refractivity contribution < 1.29 is 14.5 Å². The molecule has 2 rings (SSSR count). The first-order valence-corrected chi connectivity index (χ1v) is 8.69. The molecule has 0 atom stereocenters. The van der Waals surface area contributed by atoms with E-state index in [-0.39, 0.29) is 40.7 Å². The maximum Gasteiger partial charge on any atom is 0.272 e. The number of aryl methyl sites for hydroxylation is 1. The fraction of sp³-hybridized carbons (Fsp3) is 0.222. The van der Waals surface area contributed by atoms with Crippen LogP contribution in [0.2, 0.25) is 5.02 Å². The summed E-state index contributed by atoms with van der Waals surface area (Å²) in [5, 5.41) is 23.9. The zero-order valence-electron chi connectivity index (χ0n) is 15.5. The lowest BCUT2D eigenvalue weighted by Gasteiger charge is -2.12. The van der Waals surface area contributed by atoms with E-state index >= 15 is 0 Å². The number of nitriles is 1. The molecule has 0 spiro atoms. The van der Waals surface area contributed by atoms with E-state index in [2.05, 4.69) is 10.5 Å². The molecule has 11 heteroatoms. The Balaban J connectivity index is 2.17. The number of ether oxygens (including phenoxy) is 1. The number of hydrogen-bond donors (Lipinski definition) is 1. The largest absolute Gasteiger partial charge is 0.492 e. The molecule has 10 nitrogen and oxygen atoms in total. The van der Waals surface area contributed by atoms with Crippen LogP contribution < -0.4 is 15.7 Å². The monoisotopic (exact) mass is 417 g/mol. The lowest BCUT2D eigenvalue weighted by atomic mass is 10.2. The fourth-order valence-electron chi connectivity index (χ4n) is 2.41. The van der Waals surface area contributed by atoms with Gasteiger partial charge in [-0.15, -0.1) is 0 Å². The van der Waals surface area contributed by atoms with Crippen LogP contribution in [-0.2, 0) is 11.3 Å². The molecular formula is C18H16ClN5O5. The Kier molecular flexibility index (Phi) is 7.05. The molecule has 1 N–H and O–H groups in total. The highest BCUT2D eigenvalue weighted by Gasteiger charge is 2.16. The maximum atomic E-state index is 12.5. The third-order valence-corrected chi connectivity index (χ3v) is 4.11. The van der Waals surface area contributed by atoms with Crippen LogP contribution in [0.1, 0.15) is 23.7 Å². The van der Waals surface area contributed by atoms with Gasteiger partial charge in [0.15, 0.2) is 5.56 Å². The molecule has 0 bridgehead atoms. The molecule has 150 valence electrons. The van der Waals surface area contributed by atoms with Crippen molar-refractivity contribution in [3.8, 4) is 11.8 Å². The van der Waals surface area contributed by atoms with Gasteiger partial charge in [-0.2, -0.15) is 10.4 Å². The Bertz CT molecular complexity index is 1090. The number of amides is 1. The van der Waals surface area contributed by atoms with E-state index in [1.54, 1.807) is 19.9 Å². The number of aromatic nitrogens is 1. The molecule has 0 aliphatic carbocycles. The van der Waals surface area contributed by atoms with Crippen LogP contribution in [0.15, 0.2) is 34.2 Å². The van der Waals surface area contributed by atoms with Gasteiger partial charge >= 0.3 is 0 Å². The minimum absolute atomic E-state index is 0.160. The molecular weight excluding hydrogens is 402 g/mol. The van der Waals surface area contributed by atoms with E-state index in [1.165, 1.54) is 24.3 Å². The lowest BCUT2D eigenvalue weighted by molar-refractivity contribution is -0.384. The van der Waals surface area contributed by atoms with Gasteiger partial charge < -0.3 is 9.30 Å². The minimum Gasteiger partial charge on any atom is -0.492 e. The van der Waals surface area contributed by atoms with Crippen LogP contribution in [0.3, 0.4) is 0 Å². The predicted octanol–water partition coefficient (Wildman–Crippen LogP) is 2.14. The fourth-order valence-corrected chi connectivity index (χ4v) is 2.57. The summed E-state index contributed by atoms with van der Waals surface area (Å²) in [6.45, 7) is 3.23. The molecule has 0 radical (unpaired) electrons. The van der Waals surface area contributed by atoms with Gasteiger partial charge in [-0.1, -0.05) is 11.6 Å². The van der Waals surface area contributed by atoms with Crippen molar-refractivity contribution in [2.45, 2.75) is 20.4 Å². The smallest absolute Gasteiger partial charge is 0.272 e.